The first-order valence-electron chi connectivity index (χ1n) is 8.63. The van der Waals surface area contributed by atoms with E-state index in [2.05, 4.69) is 5.32 Å². The van der Waals surface area contributed by atoms with Crippen molar-refractivity contribution in [3.63, 3.8) is 0 Å². The molecule has 6 heteroatoms. The summed E-state index contributed by atoms with van der Waals surface area (Å²) in [6.45, 7) is 0.595. The lowest BCUT2D eigenvalue weighted by molar-refractivity contribution is -0.139. The first kappa shape index (κ1) is 18.7. The van der Waals surface area contributed by atoms with Crippen molar-refractivity contribution in [2.24, 2.45) is 5.92 Å². The monoisotopic (exact) mass is 341 g/mol. The van der Waals surface area contributed by atoms with Crippen LogP contribution in [-0.2, 0) is 20.9 Å². The van der Waals surface area contributed by atoms with Gasteiger partial charge in [-0.3, -0.25) is 14.4 Å². The molecule has 2 rings (SSSR count). The summed E-state index contributed by atoms with van der Waals surface area (Å²) in [7, 11) is 0. The number of Topliss-reactive ketones (excluding diaryl/α,β-unsaturated/α-hetero) is 1. The molecule has 1 aromatic rings. The van der Waals surface area contributed by atoms with Crippen LogP contribution in [0.3, 0.4) is 0 Å². The Bertz CT molecular complexity index is 652. The number of amides is 2. The van der Waals surface area contributed by atoms with Gasteiger partial charge in [-0.1, -0.05) is 43.2 Å². The summed E-state index contributed by atoms with van der Waals surface area (Å²) in [5, 5.41) is 11.8. The van der Waals surface area contributed by atoms with Crippen molar-refractivity contribution in [1.29, 1.82) is 5.26 Å². The van der Waals surface area contributed by atoms with E-state index in [0.29, 0.717) is 13.0 Å². The summed E-state index contributed by atoms with van der Waals surface area (Å²) in [4.78, 5) is 38.1. The molecule has 0 aliphatic carbocycles. The Morgan fingerprint density at radius 2 is 1.88 bits per heavy atom. The minimum Gasteiger partial charge on any atom is -0.350 e. The lowest BCUT2D eigenvalue weighted by Crippen LogP contribution is -2.42. The maximum absolute atomic E-state index is 12.4. The number of rotatable bonds is 6. The molecule has 1 heterocycles. The molecule has 2 amide bonds. The van der Waals surface area contributed by atoms with Crippen molar-refractivity contribution in [3.05, 3.63) is 35.9 Å². The number of hydrogen-bond donors (Lipinski definition) is 1. The van der Waals surface area contributed by atoms with E-state index in [1.807, 2.05) is 30.3 Å². The first-order valence-corrected chi connectivity index (χ1v) is 8.63. The zero-order valence-electron chi connectivity index (χ0n) is 14.2. The van der Waals surface area contributed by atoms with Crippen LogP contribution in [0.2, 0.25) is 0 Å². The van der Waals surface area contributed by atoms with Crippen LogP contribution >= 0.6 is 0 Å². The number of carbonyl (C=O) groups is 3. The van der Waals surface area contributed by atoms with Crippen molar-refractivity contribution in [2.75, 3.05) is 13.1 Å². The van der Waals surface area contributed by atoms with Crippen LogP contribution in [-0.4, -0.2) is 35.6 Å². The molecule has 0 aromatic heterocycles. The van der Waals surface area contributed by atoms with Gasteiger partial charge in [-0.25, -0.2) is 0 Å². The van der Waals surface area contributed by atoms with Crippen LogP contribution < -0.4 is 5.32 Å². The normalized spacial score (nSPS) is 16.3. The topological polar surface area (TPSA) is 90.3 Å². The molecule has 1 saturated heterocycles. The zero-order valence-corrected chi connectivity index (χ0v) is 14.2. The third-order valence-electron chi connectivity index (χ3n) is 4.29. The van der Waals surface area contributed by atoms with Crippen molar-refractivity contribution < 1.29 is 14.4 Å². The molecular weight excluding hydrogens is 318 g/mol. The van der Waals surface area contributed by atoms with Gasteiger partial charge in [0.1, 0.15) is 0 Å². The molecule has 1 aliphatic rings. The maximum Gasteiger partial charge on any atom is 0.245 e. The van der Waals surface area contributed by atoms with Crippen LogP contribution in [0.1, 0.15) is 37.7 Å². The SMILES string of the molecule is N#C[C@@H](C(=O)CN1CCCCCCC1=O)C(=O)NCc1ccccc1. The highest BCUT2D eigenvalue weighted by Gasteiger charge is 2.29. The maximum atomic E-state index is 12.4. The minimum atomic E-state index is -1.39. The Morgan fingerprint density at radius 3 is 2.60 bits per heavy atom. The molecule has 1 atom stereocenters. The Kier molecular flexibility index (Phi) is 7.15. The quantitative estimate of drug-likeness (QED) is 0.799. The molecular formula is C19H23N3O3. The van der Waals surface area contributed by atoms with E-state index in [-0.39, 0.29) is 19.0 Å². The van der Waals surface area contributed by atoms with Gasteiger partial charge in [-0.2, -0.15) is 5.26 Å². The average molecular weight is 341 g/mol. The smallest absolute Gasteiger partial charge is 0.245 e. The van der Waals surface area contributed by atoms with Gasteiger partial charge in [0.2, 0.25) is 11.8 Å². The fraction of sp³-hybridized carbons (Fsp3) is 0.474. The lowest BCUT2D eigenvalue weighted by atomic mass is 10.0. The second kappa shape index (κ2) is 9.58. The Hall–Kier alpha value is -2.68. The van der Waals surface area contributed by atoms with E-state index in [9.17, 15) is 19.6 Å². The molecule has 25 heavy (non-hydrogen) atoms. The molecule has 0 unspecified atom stereocenters. The van der Waals surface area contributed by atoms with Crippen LogP contribution in [0.5, 0.6) is 0 Å². The Morgan fingerprint density at radius 1 is 1.16 bits per heavy atom. The molecule has 0 bridgehead atoms. The van der Waals surface area contributed by atoms with Gasteiger partial charge in [0.15, 0.2) is 11.7 Å². The molecule has 6 nitrogen and oxygen atoms in total. The minimum absolute atomic E-state index is 0.0746. The van der Waals surface area contributed by atoms with Crippen molar-refractivity contribution in [1.82, 2.24) is 10.2 Å². The van der Waals surface area contributed by atoms with Gasteiger partial charge >= 0.3 is 0 Å². The van der Waals surface area contributed by atoms with Gasteiger partial charge < -0.3 is 10.2 Å². The zero-order chi connectivity index (χ0) is 18.1. The second-order valence-electron chi connectivity index (χ2n) is 6.21. The summed E-state index contributed by atoms with van der Waals surface area (Å²) in [5.74, 6) is -2.60. The van der Waals surface area contributed by atoms with Crippen molar-refractivity contribution in [3.8, 4) is 6.07 Å². The molecule has 0 saturated carbocycles. The average Bonchev–Trinajstić information content (AvgIpc) is 2.61. The lowest BCUT2D eigenvalue weighted by Gasteiger charge is -2.24. The van der Waals surface area contributed by atoms with Crippen molar-refractivity contribution >= 4 is 17.6 Å². The van der Waals surface area contributed by atoms with Gasteiger partial charge in [0.05, 0.1) is 12.6 Å². The molecule has 132 valence electrons. The largest absolute Gasteiger partial charge is 0.350 e. The second-order valence-corrected chi connectivity index (χ2v) is 6.21. The summed E-state index contributed by atoms with van der Waals surface area (Å²) in [6.07, 6.45) is 4.14. The molecule has 0 radical (unpaired) electrons. The van der Waals surface area contributed by atoms with Crippen LogP contribution in [0, 0.1) is 17.2 Å². The fourth-order valence-electron chi connectivity index (χ4n) is 2.83. The van der Waals surface area contributed by atoms with E-state index in [4.69, 9.17) is 0 Å². The van der Waals surface area contributed by atoms with E-state index >= 15 is 0 Å². The third-order valence-corrected chi connectivity index (χ3v) is 4.29. The number of nitriles is 1. The highest BCUT2D eigenvalue weighted by molar-refractivity contribution is 6.05. The van der Waals surface area contributed by atoms with Gasteiger partial charge in [0.25, 0.3) is 0 Å². The number of hydrogen-bond acceptors (Lipinski definition) is 4. The number of nitrogens with one attached hydrogen (secondary N) is 1. The summed E-state index contributed by atoms with van der Waals surface area (Å²) in [5.41, 5.74) is 0.888. The summed E-state index contributed by atoms with van der Waals surface area (Å²) < 4.78 is 0. The van der Waals surface area contributed by atoms with Gasteiger partial charge in [-0.15, -0.1) is 0 Å². The number of ketones is 1. The summed E-state index contributed by atoms with van der Waals surface area (Å²) >= 11 is 0. The number of nitrogens with zero attached hydrogens (tertiary/aromatic N) is 2. The van der Waals surface area contributed by atoms with Crippen LogP contribution in [0.25, 0.3) is 0 Å². The van der Waals surface area contributed by atoms with E-state index < -0.39 is 17.6 Å². The van der Waals surface area contributed by atoms with E-state index in [0.717, 1.165) is 31.2 Å². The van der Waals surface area contributed by atoms with Crippen LogP contribution in [0.15, 0.2) is 30.3 Å². The van der Waals surface area contributed by atoms with E-state index in [1.54, 1.807) is 6.07 Å². The van der Waals surface area contributed by atoms with E-state index in [1.165, 1.54) is 4.90 Å². The van der Waals surface area contributed by atoms with Crippen LogP contribution in [0.4, 0.5) is 0 Å². The Balaban J connectivity index is 1.91. The molecule has 1 fully saturated rings. The standard InChI is InChI=1S/C19H23N3O3/c20-12-16(19(25)21-13-15-8-4-3-5-9-15)17(23)14-22-11-7-2-1-6-10-18(22)24/h3-5,8-9,16H,1-2,6-7,10-11,13-14H2,(H,21,25)/t16-/m0/s1. The first-order chi connectivity index (χ1) is 12.1. The molecule has 0 spiro atoms. The number of benzene rings is 1. The predicted octanol–water partition coefficient (Wildman–Crippen LogP) is 1.80. The number of likely N-dealkylation sites (tertiary alicyclic amines) is 1. The summed E-state index contributed by atoms with van der Waals surface area (Å²) in [6, 6.07) is 11.0. The third kappa shape index (κ3) is 5.71. The fourth-order valence-corrected chi connectivity index (χ4v) is 2.83. The van der Waals surface area contributed by atoms with Crippen molar-refractivity contribution in [2.45, 2.75) is 38.6 Å². The molecule has 1 N–H and O–H groups in total. The predicted molar refractivity (Wildman–Crippen MR) is 92.1 cm³/mol. The highest BCUT2D eigenvalue weighted by atomic mass is 16.2. The van der Waals surface area contributed by atoms with Gasteiger partial charge in [-0.05, 0) is 18.4 Å². The number of carbonyl (C=O) groups excluding carboxylic acids is 3. The molecule has 1 aliphatic heterocycles. The molecule has 1 aromatic carbocycles. The Labute approximate surface area is 147 Å². The highest BCUT2D eigenvalue weighted by Crippen LogP contribution is 2.12. The van der Waals surface area contributed by atoms with Gasteiger partial charge in [0, 0.05) is 19.5 Å².